The van der Waals surface area contributed by atoms with E-state index in [1.54, 1.807) is 38.4 Å². The highest BCUT2D eigenvalue weighted by atomic mass is 16.5. The highest BCUT2D eigenvalue weighted by Gasteiger charge is 2.42. The van der Waals surface area contributed by atoms with Crippen LogP contribution in [0.25, 0.3) is 11.3 Å². The molecule has 3 aromatic carbocycles. The molecular formula is C30H31N3O7. The minimum Gasteiger partial charge on any atom is -0.502 e. The number of carbonyl (C=O) groups excluding carboxylic acids is 1. The van der Waals surface area contributed by atoms with Crippen molar-refractivity contribution in [1.29, 1.82) is 0 Å². The monoisotopic (exact) mass is 545 g/mol. The Bertz CT molecular complexity index is 1510. The average molecular weight is 546 g/mol. The highest BCUT2D eigenvalue weighted by molar-refractivity contribution is 6.00. The number of aromatic hydroxyl groups is 1. The normalized spacial score (nSPS) is 14.2. The summed E-state index contributed by atoms with van der Waals surface area (Å²) in [6.07, 6.45) is 0.560. The van der Waals surface area contributed by atoms with Gasteiger partial charge in [-0.05, 0) is 66.1 Å². The fourth-order valence-electron chi connectivity index (χ4n) is 5.10. The first-order valence-corrected chi connectivity index (χ1v) is 12.6. The van der Waals surface area contributed by atoms with Crippen LogP contribution in [0, 0.1) is 0 Å². The van der Waals surface area contributed by atoms with E-state index in [0.717, 1.165) is 16.7 Å². The lowest BCUT2D eigenvalue weighted by molar-refractivity contribution is 0.0745. The second kappa shape index (κ2) is 11.1. The topological polar surface area (TPSA) is 115 Å². The number of methoxy groups -OCH3 is 5. The number of hydrogen-bond acceptors (Lipinski definition) is 8. The molecule has 1 aromatic heterocycles. The van der Waals surface area contributed by atoms with Gasteiger partial charge in [-0.15, -0.1) is 0 Å². The second-order valence-corrected chi connectivity index (χ2v) is 9.20. The molecule has 2 heterocycles. The number of carbonyl (C=O) groups is 1. The molecule has 0 radical (unpaired) electrons. The van der Waals surface area contributed by atoms with Gasteiger partial charge in [-0.3, -0.25) is 9.89 Å². The van der Waals surface area contributed by atoms with Crippen LogP contribution >= 0.6 is 0 Å². The van der Waals surface area contributed by atoms with E-state index in [2.05, 4.69) is 10.2 Å². The second-order valence-electron chi connectivity index (χ2n) is 9.20. The van der Waals surface area contributed by atoms with E-state index in [9.17, 15) is 9.90 Å². The standard InChI is InChI=1S/C30H31N3O7/c1-36-20-9-7-18(8-10-20)26-25-27(32-31-26)30(35)33(13-12-17-6-11-21(37-2)22(14-17)38-3)28(25)19-15-23(39-4)29(34)24(16-19)40-5/h6-11,14-16,28,34H,12-13H2,1-5H3,(H,31,32). The van der Waals surface area contributed by atoms with Crippen LogP contribution in [0.3, 0.4) is 0 Å². The van der Waals surface area contributed by atoms with E-state index in [0.29, 0.717) is 47.2 Å². The number of rotatable bonds is 10. The summed E-state index contributed by atoms with van der Waals surface area (Å²) in [6, 6.07) is 16.1. The molecule has 0 saturated carbocycles. The van der Waals surface area contributed by atoms with Crippen molar-refractivity contribution in [2.45, 2.75) is 12.5 Å². The number of ether oxygens (including phenoxy) is 5. The predicted octanol–water partition coefficient (Wildman–Crippen LogP) is 4.61. The molecule has 0 aliphatic carbocycles. The number of aromatic amines is 1. The van der Waals surface area contributed by atoms with Crippen LogP contribution in [-0.2, 0) is 6.42 Å². The minimum absolute atomic E-state index is 0.113. The summed E-state index contributed by atoms with van der Waals surface area (Å²) in [7, 11) is 7.73. The lowest BCUT2D eigenvalue weighted by atomic mass is 9.95. The van der Waals surface area contributed by atoms with Gasteiger partial charge in [-0.25, -0.2) is 0 Å². The van der Waals surface area contributed by atoms with E-state index in [1.807, 2.05) is 42.5 Å². The number of hydrogen-bond donors (Lipinski definition) is 2. The Balaban J connectivity index is 1.59. The Hall–Kier alpha value is -4.86. The molecule has 0 fully saturated rings. The number of amides is 1. The minimum atomic E-state index is -0.526. The summed E-state index contributed by atoms with van der Waals surface area (Å²) in [6.45, 7) is 0.398. The van der Waals surface area contributed by atoms with Gasteiger partial charge in [0, 0.05) is 17.7 Å². The average Bonchev–Trinajstić information content (AvgIpc) is 3.54. The van der Waals surface area contributed by atoms with Crippen molar-refractivity contribution < 1.29 is 33.6 Å². The molecule has 0 saturated heterocycles. The molecule has 40 heavy (non-hydrogen) atoms. The van der Waals surface area contributed by atoms with Gasteiger partial charge >= 0.3 is 0 Å². The molecule has 1 amide bonds. The number of phenolic OH excluding ortho intramolecular Hbond substituents is 1. The number of phenols is 1. The maximum atomic E-state index is 13.8. The van der Waals surface area contributed by atoms with Gasteiger partial charge in [-0.1, -0.05) is 6.07 Å². The van der Waals surface area contributed by atoms with Crippen LogP contribution in [0.4, 0.5) is 0 Å². The van der Waals surface area contributed by atoms with E-state index in [-0.39, 0.29) is 23.2 Å². The molecule has 1 unspecified atom stereocenters. The van der Waals surface area contributed by atoms with Crippen LogP contribution in [0.5, 0.6) is 34.5 Å². The zero-order chi connectivity index (χ0) is 28.4. The SMILES string of the molecule is COc1ccc(-c2n[nH]c3c2C(c2cc(OC)c(O)c(OC)c2)N(CCc2ccc(OC)c(OC)c2)C3=O)cc1. The summed E-state index contributed by atoms with van der Waals surface area (Å²) in [4.78, 5) is 15.6. The summed E-state index contributed by atoms with van der Waals surface area (Å²) in [5, 5.41) is 18.1. The number of nitrogens with one attached hydrogen (secondary N) is 1. The summed E-state index contributed by atoms with van der Waals surface area (Å²) in [5.41, 5.74) is 4.31. The van der Waals surface area contributed by atoms with Crippen molar-refractivity contribution in [3.63, 3.8) is 0 Å². The molecule has 1 aliphatic rings. The predicted molar refractivity (Wildman–Crippen MR) is 148 cm³/mol. The van der Waals surface area contributed by atoms with Crippen molar-refractivity contribution in [3.8, 4) is 45.8 Å². The maximum absolute atomic E-state index is 13.8. The molecule has 4 aromatic rings. The van der Waals surface area contributed by atoms with Gasteiger partial charge in [0.15, 0.2) is 23.0 Å². The number of nitrogens with zero attached hydrogens (tertiary/aromatic N) is 2. The lowest BCUT2D eigenvalue weighted by Gasteiger charge is -2.27. The number of benzene rings is 3. The van der Waals surface area contributed by atoms with E-state index in [1.165, 1.54) is 14.2 Å². The first-order chi connectivity index (χ1) is 19.4. The largest absolute Gasteiger partial charge is 0.502 e. The molecule has 0 spiro atoms. The van der Waals surface area contributed by atoms with Crippen molar-refractivity contribution in [3.05, 3.63) is 77.0 Å². The van der Waals surface area contributed by atoms with Crippen LogP contribution in [0.1, 0.15) is 33.2 Å². The number of aromatic nitrogens is 2. The third-order valence-electron chi connectivity index (χ3n) is 7.13. The molecule has 2 N–H and O–H groups in total. The third-order valence-corrected chi connectivity index (χ3v) is 7.13. The zero-order valence-corrected chi connectivity index (χ0v) is 23.0. The van der Waals surface area contributed by atoms with Gasteiger partial charge in [-0.2, -0.15) is 5.10 Å². The van der Waals surface area contributed by atoms with Crippen molar-refractivity contribution >= 4 is 5.91 Å². The van der Waals surface area contributed by atoms with Gasteiger partial charge in [0.1, 0.15) is 11.4 Å². The van der Waals surface area contributed by atoms with Crippen LogP contribution in [0.15, 0.2) is 54.6 Å². The lowest BCUT2D eigenvalue weighted by Crippen LogP contribution is -2.31. The van der Waals surface area contributed by atoms with Gasteiger partial charge < -0.3 is 33.7 Å². The molecule has 10 heteroatoms. The van der Waals surface area contributed by atoms with Crippen molar-refractivity contribution in [2.24, 2.45) is 0 Å². The molecule has 1 aliphatic heterocycles. The molecular weight excluding hydrogens is 514 g/mol. The van der Waals surface area contributed by atoms with Crippen molar-refractivity contribution in [2.75, 3.05) is 42.1 Å². The summed E-state index contributed by atoms with van der Waals surface area (Å²) >= 11 is 0. The van der Waals surface area contributed by atoms with E-state index < -0.39 is 6.04 Å². The summed E-state index contributed by atoms with van der Waals surface area (Å²) in [5.74, 6) is 2.15. The molecule has 208 valence electrons. The van der Waals surface area contributed by atoms with Gasteiger partial charge in [0.25, 0.3) is 5.91 Å². The Morgan fingerprint density at radius 2 is 1.48 bits per heavy atom. The quantitative estimate of drug-likeness (QED) is 0.297. The Morgan fingerprint density at radius 3 is 2.08 bits per heavy atom. The van der Waals surface area contributed by atoms with E-state index in [4.69, 9.17) is 23.7 Å². The molecule has 0 bridgehead atoms. The van der Waals surface area contributed by atoms with Gasteiger partial charge in [0.05, 0.1) is 47.3 Å². The first-order valence-electron chi connectivity index (χ1n) is 12.6. The van der Waals surface area contributed by atoms with Crippen molar-refractivity contribution in [1.82, 2.24) is 15.1 Å². The molecule has 1 atom stereocenters. The molecule has 5 rings (SSSR count). The smallest absolute Gasteiger partial charge is 0.273 e. The third kappa shape index (κ3) is 4.61. The highest BCUT2D eigenvalue weighted by Crippen LogP contribution is 2.47. The number of H-pyrrole nitrogens is 1. The Morgan fingerprint density at radius 1 is 0.825 bits per heavy atom. The van der Waals surface area contributed by atoms with Crippen LogP contribution in [0.2, 0.25) is 0 Å². The Kier molecular flexibility index (Phi) is 7.41. The zero-order valence-electron chi connectivity index (χ0n) is 23.0. The van der Waals surface area contributed by atoms with Crippen LogP contribution in [-0.4, -0.2) is 68.2 Å². The van der Waals surface area contributed by atoms with Gasteiger partial charge in [0.2, 0.25) is 5.75 Å². The van der Waals surface area contributed by atoms with E-state index >= 15 is 0 Å². The Labute approximate surface area is 232 Å². The fourth-order valence-corrected chi connectivity index (χ4v) is 5.10. The maximum Gasteiger partial charge on any atom is 0.273 e. The van der Waals surface area contributed by atoms with Crippen LogP contribution < -0.4 is 23.7 Å². The fraction of sp³-hybridized carbons (Fsp3) is 0.267. The summed E-state index contributed by atoms with van der Waals surface area (Å²) < 4.78 is 27.0. The number of fused-ring (bicyclic) bond motifs is 1. The first kappa shape index (κ1) is 26.7. The molecule has 10 nitrogen and oxygen atoms in total.